The van der Waals surface area contributed by atoms with E-state index in [2.05, 4.69) is 20.8 Å². The Labute approximate surface area is 155 Å². The van der Waals surface area contributed by atoms with Gasteiger partial charge in [0.1, 0.15) is 11.9 Å². The van der Waals surface area contributed by atoms with Crippen LogP contribution in [0.2, 0.25) is 0 Å². The lowest BCUT2D eigenvalue weighted by atomic mass is 10.1. The van der Waals surface area contributed by atoms with Gasteiger partial charge >= 0.3 is 0 Å². The number of alkyl halides is 1. The fourth-order valence-electron chi connectivity index (χ4n) is 2.51. The molecule has 6 nitrogen and oxygen atoms in total. The van der Waals surface area contributed by atoms with Crippen LogP contribution in [-0.4, -0.2) is 28.1 Å². The standard InChI is InChI=1S/C20H19FN4O2/c1-13(22-20(27)18(21)15-10-6-3-7-11-15)19(26)23-17-12-16(24-25-17)14-8-4-2-5-9-14/h2-13,18H,1H3,(H,22,27)(H2,23,24,25,26). The number of hydrogen-bond donors (Lipinski definition) is 3. The number of anilines is 1. The van der Waals surface area contributed by atoms with Gasteiger partial charge in [0.2, 0.25) is 12.1 Å². The molecule has 0 bridgehead atoms. The van der Waals surface area contributed by atoms with E-state index in [4.69, 9.17) is 0 Å². The van der Waals surface area contributed by atoms with Gasteiger partial charge in [0.15, 0.2) is 0 Å². The molecule has 0 aliphatic rings. The molecule has 2 amide bonds. The highest BCUT2D eigenvalue weighted by molar-refractivity contribution is 5.97. The first-order chi connectivity index (χ1) is 13.0. The van der Waals surface area contributed by atoms with Gasteiger partial charge in [0.25, 0.3) is 5.91 Å². The molecule has 0 saturated heterocycles. The normalized spacial score (nSPS) is 12.8. The number of carbonyl (C=O) groups excluding carboxylic acids is 2. The van der Waals surface area contributed by atoms with E-state index in [1.807, 2.05) is 30.3 Å². The number of amides is 2. The van der Waals surface area contributed by atoms with Crippen LogP contribution in [0.15, 0.2) is 66.7 Å². The topological polar surface area (TPSA) is 86.9 Å². The van der Waals surface area contributed by atoms with Crippen molar-refractivity contribution in [2.75, 3.05) is 5.32 Å². The Kier molecular flexibility index (Phi) is 5.61. The quantitative estimate of drug-likeness (QED) is 0.626. The summed E-state index contributed by atoms with van der Waals surface area (Å²) in [6.07, 6.45) is -1.83. The van der Waals surface area contributed by atoms with Crippen molar-refractivity contribution in [1.29, 1.82) is 0 Å². The summed E-state index contributed by atoms with van der Waals surface area (Å²) in [7, 11) is 0. The molecule has 0 spiro atoms. The molecule has 3 N–H and O–H groups in total. The summed E-state index contributed by atoms with van der Waals surface area (Å²) in [6.45, 7) is 1.49. The zero-order valence-electron chi connectivity index (χ0n) is 14.6. The average molecular weight is 366 g/mol. The molecule has 3 aromatic rings. The molecule has 7 heteroatoms. The summed E-state index contributed by atoms with van der Waals surface area (Å²) < 4.78 is 14.2. The van der Waals surface area contributed by atoms with Crippen molar-refractivity contribution in [3.8, 4) is 11.3 Å². The Morgan fingerprint density at radius 1 is 1.00 bits per heavy atom. The Morgan fingerprint density at radius 2 is 1.63 bits per heavy atom. The van der Waals surface area contributed by atoms with E-state index < -0.39 is 24.0 Å². The lowest BCUT2D eigenvalue weighted by Crippen LogP contribution is -2.43. The second-order valence-corrected chi connectivity index (χ2v) is 6.03. The lowest BCUT2D eigenvalue weighted by Gasteiger charge is -2.15. The van der Waals surface area contributed by atoms with Crippen LogP contribution in [0, 0.1) is 0 Å². The van der Waals surface area contributed by atoms with Crippen molar-refractivity contribution >= 4 is 17.6 Å². The van der Waals surface area contributed by atoms with Gasteiger partial charge in [0.05, 0.1) is 5.69 Å². The van der Waals surface area contributed by atoms with Gasteiger partial charge < -0.3 is 10.6 Å². The van der Waals surface area contributed by atoms with Crippen LogP contribution < -0.4 is 10.6 Å². The van der Waals surface area contributed by atoms with Crippen LogP contribution in [0.3, 0.4) is 0 Å². The number of halogens is 1. The van der Waals surface area contributed by atoms with Crippen molar-refractivity contribution in [1.82, 2.24) is 15.5 Å². The van der Waals surface area contributed by atoms with Gasteiger partial charge in [0, 0.05) is 11.6 Å². The third-order valence-corrected chi connectivity index (χ3v) is 3.98. The SMILES string of the molecule is CC(NC(=O)C(F)c1ccccc1)C(=O)Nc1cc(-c2ccccc2)n[nH]1. The van der Waals surface area contributed by atoms with Crippen LogP contribution in [0.25, 0.3) is 11.3 Å². The molecule has 27 heavy (non-hydrogen) atoms. The van der Waals surface area contributed by atoms with Crippen LogP contribution in [0.1, 0.15) is 18.7 Å². The van der Waals surface area contributed by atoms with Crippen molar-refractivity contribution in [3.05, 3.63) is 72.3 Å². The number of rotatable bonds is 6. The molecule has 0 fully saturated rings. The maximum Gasteiger partial charge on any atom is 0.259 e. The molecule has 138 valence electrons. The summed E-state index contributed by atoms with van der Waals surface area (Å²) in [5.41, 5.74) is 1.82. The van der Waals surface area contributed by atoms with Crippen molar-refractivity contribution < 1.29 is 14.0 Å². The second-order valence-electron chi connectivity index (χ2n) is 6.03. The maximum atomic E-state index is 14.2. The van der Waals surface area contributed by atoms with E-state index >= 15 is 0 Å². The smallest absolute Gasteiger partial charge is 0.259 e. The van der Waals surface area contributed by atoms with Gasteiger partial charge in [-0.15, -0.1) is 0 Å². The molecule has 3 rings (SSSR count). The summed E-state index contributed by atoms with van der Waals surface area (Å²) in [5.74, 6) is -0.954. The van der Waals surface area contributed by atoms with E-state index in [0.29, 0.717) is 11.5 Å². The van der Waals surface area contributed by atoms with E-state index in [9.17, 15) is 14.0 Å². The summed E-state index contributed by atoms with van der Waals surface area (Å²) in [4.78, 5) is 24.3. The first-order valence-corrected chi connectivity index (χ1v) is 8.45. The molecule has 1 heterocycles. The number of H-pyrrole nitrogens is 1. The third-order valence-electron chi connectivity index (χ3n) is 3.98. The monoisotopic (exact) mass is 366 g/mol. The highest BCUT2D eigenvalue weighted by Crippen LogP contribution is 2.19. The third kappa shape index (κ3) is 4.58. The largest absolute Gasteiger partial charge is 0.342 e. The molecule has 2 atom stereocenters. The summed E-state index contributed by atoms with van der Waals surface area (Å²) in [5, 5.41) is 11.9. The highest BCUT2D eigenvalue weighted by atomic mass is 19.1. The minimum atomic E-state index is -1.83. The predicted molar refractivity (Wildman–Crippen MR) is 101 cm³/mol. The highest BCUT2D eigenvalue weighted by Gasteiger charge is 2.24. The van der Waals surface area contributed by atoms with E-state index in [1.165, 1.54) is 19.1 Å². The van der Waals surface area contributed by atoms with Crippen LogP contribution in [0.4, 0.5) is 10.2 Å². The Hall–Kier alpha value is -3.48. The minimum Gasteiger partial charge on any atom is -0.342 e. The van der Waals surface area contributed by atoms with Crippen LogP contribution >= 0.6 is 0 Å². The van der Waals surface area contributed by atoms with Crippen molar-refractivity contribution in [2.45, 2.75) is 19.1 Å². The zero-order valence-corrected chi connectivity index (χ0v) is 14.6. The number of benzene rings is 2. The van der Waals surface area contributed by atoms with Gasteiger partial charge in [-0.1, -0.05) is 60.7 Å². The van der Waals surface area contributed by atoms with Crippen molar-refractivity contribution in [2.24, 2.45) is 0 Å². The summed E-state index contributed by atoms with van der Waals surface area (Å²) >= 11 is 0. The van der Waals surface area contributed by atoms with Gasteiger partial charge in [-0.25, -0.2) is 4.39 Å². The van der Waals surface area contributed by atoms with Crippen LogP contribution in [0.5, 0.6) is 0 Å². The van der Waals surface area contributed by atoms with E-state index in [-0.39, 0.29) is 5.56 Å². The first kappa shape index (κ1) is 18.3. The number of carbonyl (C=O) groups is 2. The van der Waals surface area contributed by atoms with Gasteiger partial charge in [-0.3, -0.25) is 14.7 Å². The molecule has 1 aromatic heterocycles. The Balaban J connectivity index is 1.58. The average Bonchev–Trinajstić information content (AvgIpc) is 3.17. The second kappa shape index (κ2) is 8.27. The predicted octanol–water partition coefficient (Wildman–Crippen LogP) is 3.23. The van der Waals surface area contributed by atoms with Crippen LogP contribution in [-0.2, 0) is 9.59 Å². The molecule has 2 aromatic carbocycles. The number of nitrogens with one attached hydrogen (secondary N) is 3. The number of aromatic nitrogens is 2. The Morgan fingerprint density at radius 3 is 2.30 bits per heavy atom. The maximum absolute atomic E-state index is 14.2. The fraction of sp³-hybridized carbons (Fsp3) is 0.150. The zero-order chi connectivity index (χ0) is 19.2. The molecular weight excluding hydrogens is 347 g/mol. The first-order valence-electron chi connectivity index (χ1n) is 8.45. The lowest BCUT2D eigenvalue weighted by molar-refractivity contribution is -0.129. The summed E-state index contributed by atoms with van der Waals surface area (Å²) in [6, 6.07) is 18.3. The molecular formula is C20H19FN4O2. The molecule has 0 aliphatic carbocycles. The van der Waals surface area contributed by atoms with E-state index in [1.54, 1.807) is 24.3 Å². The fourth-order valence-corrected chi connectivity index (χ4v) is 2.51. The van der Waals surface area contributed by atoms with Gasteiger partial charge in [-0.05, 0) is 12.5 Å². The van der Waals surface area contributed by atoms with Crippen molar-refractivity contribution in [3.63, 3.8) is 0 Å². The molecule has 0 aliphatic heterocycles. The number of hydrogen-bond acceptors (Lipinski definition) is 3. The Bertz CT molecular complexity index is 912. The minimum absolute atomic E-state index is 0.240. The number of aromatic amines is 1. The molecule has 0 saturated carbocycles. The molecule has 2 unspecified atom stereocenters. The molecule has 0 radical (unpaired) electrons. The number of nitrogens with zero attached hydrogens (tertiary/aromatic N) is 1. The van der Waals surface area contributed by atoms with E-state index in [0.717, 1.165) is 5.56 Å². The van der Waals surface area contributed by atoms with Gasteiger partial charge in [-0.2, -0.15) is 5.10 Å².